The van der Waals surface area contributed by atoms with Crippen molar-refractivity contribution in [3.8, 4) is 5.82 Å². The number of nitrogens with zero attached hydrogens (tertiary/aromatic N) is 7. The first-order valence-corrected chi connectivity index (χ1v) is 11.1. The lowest BCUT2D eigenvalue weighted by molar-refractivity contribution is 0.378. The minimum Gasteiger partial charge on any atom is -0.368 e. The number of aryl methyl sites for hydroxylation is 1. The van der Waals surface area contributed by atoms with Gasteiger partial charge >= 0.3 is 0 Å². The zero-order valence-electron chi connectivity index (χ0n) is 17.2. The van der Waals surface area contributed by atoms with Crippen molar-refractivity contribution in [1.82, 2.24) is 34.6 Å². The minimum absolute atomic E-state index is 0.253. The topological polar surface area (TPSA) is 111 Å². The summed E-state index contributed by atoms with van der Waals surface area (Å²) in [7, 11) is 0. The fourth-order valence-electron chi connectivity index (χ4n) is 3.64. The van der Waals surface area contributed by atoms with Crippen LogP contribution >= 0.6 is 11.3 Å². The number of hydrogen-bond donors (Lipinski definition) is 2. The molecule has 158 valence electrons. The minimum atomic E-state index is 0.253. The molecule has 1 fully saturated rings. The number of nitrogen functional groups attached to an aromatic ring is 1. The van der Waals surface area contributed by atoms with Crippen LogP contribution in [0.25, 0.3) is 22.1 Å². The molecule has 0 bridgehead atoms. The lowest BCUT2D eigenvalue weighted by Gasteiger charge is -2.10. The van der Waals surface area contributed by atoms with Crippen molar-refractivity contribution >= 4 is 45.2 Å². The number of thiophene rings is 1. The van der Waals surface area contributed by atoms with Gasteiger partial charge in [0.15, 0.2) is 5.82 Å². The van der Waals surface area contributed by atoms with Crippen molar-refractivity contribution in [3.05, 3.63) is 47.4 Å². The molecular weight excluding hydrogens is 410 g/mol. The van der Waals surface area contributed by atoms with Crippen molar-refractivity contribution in [2.24, 2.45) is 0 Å². The number of anilines is 3. The van der Waals surface area contributed by atoms with Gasteiger partial charge in [-0.05, 0) is 62.0 Å². The molecule has 31 heavy (non-hydrogen) atoms. The molecule has 1 aliphatic heterocycles. The van der Waals surface area contributed by atoms with Gasteiger partial charge in [-0.3, -0.25) is 9.88 Å². The van der Waals surface area contributed by atoms with Gasteiger partial charge in [-0.2, -0.15) is 9.67 Å². The molecule has 0 amide bonds. The second-order valence-electron chi connectivity index (χ2n) is 7.51. The smallest absolute Gasteiger partial charge is 0.248 e. The van der Waals surface area contributed by atoms with Gasteiger partial charge in [0.1, 0.15) is 6.33 Å². The highest BCUT2D eigenvalue weighted by molar-refractivity contribution is 7.17. The van der Waals surface area contributed by atoms with Crippen LogP contribution < -0.4 is 11.1 Å². The molecule has 5 rings (SSSR count). The predicted octanol–water partition coefficient (Wildman–Crippen LogP) is 3.41. The van der Waals surface area contributed by atoms with Crippen LogP contribution in [-0.4, -0.2) is 54.3 Å². The zero-order chi connectivity index (χ0) is 21.2. The Morgan fingerprint density at radius 3 is 2.87 bits per heavy atom. The van der Waals surface area contributed by atoms with E-state index < -0.39 is 0 Å². The standard InChI is InChI=1S/C21H23N9S/c1-14-12-31-18-17(14)24-13-25-19(18)30-20(22)27-21(28-30)26-16-7-6-15(23-11-16)5-4-10-29-8-2-3-9-29/h4-7,11-13H,2-3,8-10H2,1H3,(H3,22,26,27,28). The van der Waals surface area contributed by atoms with Crippen molar-refractivity contribution < 1.29 is 0 Å². The fourth-order valence-corrected chi connectivity index (χ4v) is 4.61. The highest BCUT2D eigenvalue weighted by Crippen LogP contribution is 2.28. The molecule has 5 heterocycles. The van der Waals surface area contributed by atoms with Crippen LogP contribution in [0.1, 0.15) is 24.1 Å². The Labute approximate surface area is 183 Å². The first-order chi connectivity index (χ1) is 15.2. The van der Waals surface area contributed by atoms with E-state index in [-0.39, 0.29) is 5.95 Å². The molecule has 4 aromatic heterocycles. The maximum atomic E-state index is 6.12. The van der Waals surface area contributed by atoms with Crippen LogP contribution in [0.4, 0.5) is 17.6 Å². The fraction of sp³-hybridized carbons (Fsp3) is 0.286. The van der Waals surface area contributed by atoms with E-state index in [1.54, 1.807) is 17.5 Å². The van der Waals surface area contributed by atoms with E-state index in [2.05, 4.69) is 47.4 Å². The molecule has 4 aromatic rings. The third kappa shape index (κ3) is 4.12. The van der Waals surface area contributed by atoms with Crippen molar-refractivity contribution in [2.75, 3.05) is 30.7 Å². The van der Waals surface area contributed by atoms with Crippen LogP contribution in [0.3, 0.4) is 0 Å². The lowest BCUT2D eigenvalue weighted by Crippen LogP contribution is -2.18. The monoisotopic (exact) mass is 433 g/mol. The number of nitrogens with one attached hydrogen (secondary N) is 1. The summed E-state index contributed by atoms with van der Waals surface area (Å²) >= 11 is 1.56. The van der Waals surface area contributed by atoms with Crippen LogP contribution in [-0.2, 0) is 0 Å². The van der Waals surface area contributed by atoms with E-state index in [1.807, 2.05) is 24.4 Å². The number of hydrogen-bond acceptors (Lipinski definition) is 9. The van der Waals surface area contributed by atoms with Gasteiger partial charge < -0.3 is 11.1 Å². The quantitative estimate of drug-likeness (QED) is 0.476. The lowest BCUT2D eigenvalue weighted by atomic mass is 10.3. The Morgan fingerprint density at radius 1 is 1.19 bits per heavy atom. The summed E-state index contributed by atoms with van der Waals surface area (Å²) in [6.07, 6.45) is 10.1. The normalized spacial score (nSPS) is 14.7. The molecule has 9 nitrogen and oxygen atoms in total. The summed E-state index contributed by atoms with van der Waals surface area (Å²) in [4.78, 5) is 20.0. The van der Waals surface area contributed by atoms with Crippen LogP contribution in [0.5, 0.6) is 0 Å². The Kier molecular flexibility index (Phi) is 5.31. The Morgan fingerprint density at radius 2 is 2.06 bits per heavy atom. The van der Waals surface area contributed by atoms with Crippen LogP contribution in [0.15, 0.2) is 36.1 Å². The van der Waals surface area contributed by atoms with E-state index in [9.17, 15) is 0 Å². The third-order valence-corrected chi connectivity index (χ3v) is 6.32. The van der Waals surface area contributed by atoms with Gasteiger partial charge in [0, 0.05) is 6.54 Å². The van der Waals surface area contributed by atoms with E-state index in [0.717, 1.165) is 33.7 Å². The molecule has 0 spiro atoms. The van der Waals surface area contributed by atoms with E-state index in [1.165, 1.54) is 36.9 Å². The number of pyridine rings is 1. The van der Waals surface area contributed by atoms with Gasteiger partial charge in [-0.1, -0.05) is 6.08 Å². The molecule has 0 unspecified atom stereocenters. The average Bonchev–Trinajstić information content (AvgIpc) is 3.51. The maximum Gasteiger partial charge on any atom is 0.248 e. The number of rotatable bonds is 6. The van der Waals surface area contributed by atoms with E-state index >= 15 is 0 Å². The Balaban J connectivity index is 1.30. The van der Waals surface area contributed by atoms with Crippen LogP contribution in [0, 0.1) is 6.92 Å². The SMILES string of the molecule is Cc1csc2c(-n3nc(Nc4ccc(C=CCN5CCCC5)nc4)nc3N)ncnc12. The summed E-state index contributed by atoms with van der Waals surface area (Å²) in [5.41, 5.74) is 9.82. The highest BCUT2D eigenvalue weighted by atomic mass is 32.1. The first-order valence-electron chi connectivity index (χ1n) is 10.2. The van der Waals surface area contributed by atoms with Gasteiger partial charge in [-0.25, -0.2) is 9.97 Å². The third-order valence-electron chi connectivity index (χ3n) is 5.24. The van der Waals surface area contributed by atoms with Gasteiger partial charge in [0.05, 0.1) is 27.8 Å². The summed E-state index contributed by atoms with van der Waals surface area (Å²) < 4.78 is 2.46. The van der Waals surface area contributed by atoms with Gasteiger partial charge in [-0.15, -0.1) is 16.4 Å². The largest absolute Gasteiger partial charge is 0.368 e. The van der Waals surface area contributed by atoms with E-state index in [4.69, 9.17) is 5.73 Å². The summed E-state index contributed by atoms with van der Waals surface area (Å²) in [6.45, 7) is 5.38. The molecular formula is C21H23N9S. The molecule has 3 N–H and O–H groups in total. The summed E-state index contributed by atoms with van der Waals surface area (Å²) in [5.74, 6) is 1.26. The molecule has 0 aliphatic carbocycles. The van der Waals surface area contributed by atoms with Gasteiger partial charge in [0.2, 0.25) is 11.9 Å². The molecule has 1 saturated heterocycles. The average molecular weight is 434 g/mol. The number of likely N-dealkylation sites (tertiary alicyclic amines) is 1. The van der Waals surface area contributed by atoms with Crippen LogP contribution in [0.2, 0.25) is 0 Å². The van der Waals surface area contributed by atoms with Gasteiger partial charge in [0.25, 0.3) is 0 Å². The number of fused-ring (bicyclic) bond motifs is 1. The first kappa shape index (κ1) is 19.6. The second kappa shape index (κ2) is 8.40. The molecule has 0 atom stereocenters. The molecule has 1 aliphatic rings. The molecule has 0 saturated carbocycles. The molecule has 10 heteroatoms. The Hall–Kier alpha value is -3.37. The predicted molar refractivity (Wildman–Crippen MR) is 124 cm³/mol. The molecule has 0 radical (unpaired) electrons. The second-order valence-corrected chi connectivity index (χ2v) is 8.39. The number of aromatic nitrogens is 6. The maximum absolute atomic E-state index is 6.12. The zero-order valence-corrected chi connectivity index (χ0v) is 18.0. The number of nitrogens with two attached hydrogens (primary N) is 1. The summed E-state index contributed by atoms with van der Waals surface area (Å²) in [6, 6.07) is 3.91. The highest BCUT2D eigenvalue weighted by Gasteiger charge is 2.15. The molecule has 0 aromatic carbocycles. The van der Waals surface area contributed by atoms with E-state index in [0.29, 0.717) is 11.8 Å². The van der Waals surface area contributed by atoms with Crippen molar-refractivity contribution in [3.63, 3.8) is 0 Å². The Bertz CT molecular complexity index is 1220. The summed E-state index contributed by atoms with van der Waals surface area (Å²) in [5, 5.41) is 9.69. The van der Waals surface area contributed by atoms with Crippen molar-refractivity contribution in [1.29, 1.82) is 0 Å². The van der Waals surface area contributed by atoms with Crippen molar-refractivity contribution in [2.45, 2.75) is 19.8 Å².